The van der Waals surface area contributed by atoms with Crippen molar-refractivity contribution in [2.45, 2.75) is 11.3 Å². The number of nitrogens with zero attached hydrogens (tertiary/aromatic N) is 1. The van der Waals surface area contributed by atoms with E-state index in [4.69, 9.17) is 5.14 Å². The third-order valence-electron chi connectivity index (χ3n) is 2.13. The largest absolute Gasteiger partial charge is 0.253 e. The van der Waals surface area contributed by atoms with Crippen LogP contribution in [0, 0.1) is 0 Å². The van der Waals surface area contributed by atoms with Gasteiger partial charge in [-0.15, -0.1) is 11.3 Å². The number of aromatic nitrogens is 1. The van der Waals surface area contributed by atoms with Gasteiger partial charge < -0.3 is 0 Å². The van der Waals surface area contributed by atoms with E-state index in [1.165, 1.54) is 17.4 Å². The first kappa shape index (κ1) is 11.3. The van der Waals surface area contributed by atoms with Gasteiger partial charge in [-0.3, -0.25) is 4.98 Å². The van der Waals surface area contributed by atoms with E-state index in [1.807, 2.05) is 0 Å². The fourth-order valence-electron chi connectivity index (χ4n) is 1.44. The van der Waals surface area contributed by atoms with Crippen LogP contribution in [-0.4, -0.2) is 13.4 Å². The molecule has 0 unspecified atom stereocenters. The van der Waals surface area contributed by atoms with Crippen LogP contribution < -0.4 is 5.14 Å². The number of benzene rings is 1. The molecule has 84 valence electrons. The predicted octanol–water partition coefficient (Wildman–Crippen LogP) is 1.38. The Labute approximate surface area is 97.8 Å². The van der Waals surface area contributed by atoms with E-state index in [0.29, 0.717) is 12.0 Å². The van der Waals surface area contributed by atoms with E-state index in [-0.39, 0.29) is 4.90 Å². The summed E-state index contributed by atoms with van der Waals surface area (Å²) in [6, 6.07) is 6.74. The van der Waals surface area contributed by atoms with Gasteiger partial charge in [-0.05, 0) is 11.6 Å². The van der Waals surface area contributed by atoms with E-state index < -0.39 is 10.0 Å². The lowest BCUT2D eigenvalue weighted by Gasteiger charge is -2.05. The standard InChI is InChI=1S/C10H10N2O2S2/c11-16(13,14)10-4-2-1-3-8(10)5-9-6-12-7-15-9/h1-4,6-7H,5H2,(H2,11,13,14). The van der Waals surface area contributed by atoms with Crippen molar-refractivity contribution in [3.05, 3.63) is 46.4 Å². The maximum absolute atomic E-state index is 11.3. The molecular formula is C10H10N2O2S2. The second kappa shape index (κ2) is 4.32. The van der Waals surface area contributed by atoms with Crippen molar-refractivity contribution in [1.29, 1.82) is 0 Å². The molecule has 0 spiro atoms. The van der Waals surface area contributed by atoms with Gasteiger partial charge in [0.1, 0.15) is 0 Å². The first-order valence-corrected chi connectivity index (χ1v) is 6.98. The molecule has 6 heteroatoms. The number of hydrogen-bond donors (Lipinski definition) is 1. The molecule has 0 aliphatic rings. The van der Waals surface area contributed by atoms with Gasteiger partial charge in [0, 0.05) is 17.5 Å². The topological polar surface area (TPSA) is 73.1 Å². The first-order valence-electron chi connectivity index (χ1n) is 4.55. The van der Waals surface area contributed by atoms with E-state index in [2.05, 4.69) is 4.98 Å². The summed E-state index contributed by atoms with van der Waals surface area (Å²) in [5.41, 5.74) is 2.42. The van der Waals surface area contributed by atoms with Gasteiger partial charge in [0.25, 0.3) is 0 Å². The molecule has 0 saturated heterocycles. The van der Waals surface area contributed by atoms with Crippen molar-refractivity contribution < 1.29 is 8.42 Å². The molecule has 1 aromatic heterocycles. The van der Waals surface area contributed by atoms with Gasteiger partial charge >= 0.3 is 0 Å². The number of primary sulfonamides is 1. The average Bonchev–Trinajstić information content (AvgIpc) is 2.70. The molecular weight excluding hydrogens is 244 g/mol. The van der Waals surface area contributed by atoms with Gasteiger partial charge in [0.05, 0.1) is 10.4 Å². The highest BCUT2D eigenvalue weighted by atomic mass is 32.2. The molecule has 1 aromatic carbocycles. The van der Waals surface area contributed by atoms with Crippen LogP contribution in [0.5, 0.6) is 0 Å². The van der Waals surface area contributed by atoms with Crippen molar-refractivity contribution >= 4 is 21.4 Å². The van der Waals surface area contributed by atoms with Gasteiger partial charge in [0.2, 0.25) is 10.0 Å². The monoisotopic (exact) mass is 254 g/mol. The number of nitrogens with two attached hydrogens (primary N) is 1. The minimum absolute atomic E-state index is 0.184. The lowest BCUT2D eigenvalue weighted by atomic mass is 10.1. The Hall–Kier alpha value is -1.24. The molecule has 0 radical (unpaired) electrons. The lowest BCUT2D eigenvalue weighted by Crippen LogP contribution is -2.14. The van der Waals surface area contributed by atoms with Gasteiger partial charge in [-0.2, -0.15) is 0 Å². The van der Waals surface area contributed by atoms with Crippen LogP contribution >= 0.6 is 11.3 Å². The zero-order valence-corrected chi connectivity index (χ0v) is 9.96. The van der Waals surface area contributed by atoms with Crippen LogP contribution in [-0.2, 0) is 16.4 Å². The molecule has 2 aromatic rings. The highest BCUT2D eigenvalue weighted by molar-refractivity contribution is 7.89. The summed E-state index contributed by atoms with van der Waals surface area (Å²) in [4.78, 5) is 5.14. The van der Waals surface area contributed by atoms with Crippen LogP contribution in [0.15, 0.2) is 40.9 Å². The summed E-state index contributed by atoms with van der Waals surface area (Å²) in [6.45, 7) is 0. The Morgan fingerprint density at radius 1 is 1.31 bits per heavy atom. The molecule has 0 amide bonds. The fraction of sp³-hybridized carbons (Fsp3) is 0.100. The second-order valence-corrected chi connectivity index (χ2v) is 5.80. The van der Waals surface area contributed by atoms with Crippen molar-refractivity contribution in [3.8, 4) is 0 Å². The number of hydrogen-bond acceptors (Lipinski definition) is 4. The van der Waals surface area contributed by atoms with Crippen molar-refractivity contribution in [1.82, 2.24) is 4.98 Å². The third kappa shape index (κ3) is 2.46. The van der Waals surface area contributed by atoms with Crippen molar-refractivity contribution in [2.24, 2.45) is 5.14 Å². The third-order valence-corrected chi connectivity index (χ3v) is 3.92. The van der Waals surface area contributed by atoms with E-state index >= 15 is 0 Å². The summed E-state index contributed by atoms with van der Waals surface area (Å²) >= 11 is 1.49. The number of sulfonamides is 1. The van der Waals surface area contributed by atoms with Gasteiger partial charge in [-0.25, -0.2) is 13.6 Å². The first-order chi connectivity index (χ1) is 7.57. The second-order valence-electron chi connectivity index (χ2n) is 3.30. The maximum atomic E-state index is 11.3. The predicted molar refractivity (Wildman–Crippen MR) is 62.7 cm³/mol. The zero-order valence-electron chi connectivity index (χ0n) is 8.33. The fourth-order valence-corrected chi connectivity index (χ4v) is 2.84. The number of thiazole rings is 1. The summed E-state index contributed by atoms with van der Waals surface area (Å²) < 4.78 is 22.7. The Kier molecular flexibility index (Phi) is 3.04. The smallest absolute Gasteiger partial charge is 0.238 e. The van der Waals surface area contributed by atoms with E-state index in [1.54, 1.807) is 29.9 Å². The van der Waals surface area contributed by atoms with Crippen molar-refractivity contribution in [3.63, 3.8) is 0 Å². The summed E-state index contributed by atoms with van der Waals surface area (Å²) in [5.74, 6) is 0. The SMILES string of the molecule is NS(=O)(=O)c1ccccc1Cc1cncs1. The molecule has 1 heterocycles. The number of rotatable bonds is 3. The maximum Gasteiger partial charge on any atom is 0.238 e. The summed E-state index contributed by atoms with van der Waals surface area (Å²) in [7, 11) is -3.65. The Balaban J connectivity index is 2.42. The molecule has 16 heavy (non-hydrogen) atoms. The lowest BCUT2D eigenvalue weighted by molar-refractivity contribution is 0.597. The van der Waals surface area contributed by atoms with E-state index in [9.17, 15) is 8.42 Å². The molecule has 0 bridgehead atoms. The highest BCUT2D eigenvalue weighted by Crippen LogP contribution is 2.19. The summed E-state index contributed by atoms with van der Waals surface area (Å²) in [6.07, 6.45) is 2.27. The molecule has 2 rings (SSSR count). The van der Waals surface area contributed by atoms with Gasteiger partial charge in [0.15, 0.2) is 0 Å². The minimum atomic E-state index is -3.65. The molecule has 0 atom stereocenters. The molecule has 2 N–H and O–H groups in total. The molecule has 4 nitrogen and oxygen atoms in total. The van der Waals surface area contributed by atoms with E-state index in [0.717, 1.165) is 4.88 Å². The Morgan fingerprint density at radius 2 is 2.06 bits per heavy atom. The Morgan fingerprint density at radius 3 is 2.69 bits per heavy atom. The summed E-state index contributed by atoms with van der Waals surface area (Å²) in [5, 5.41) is 5.15. The van der Waals surface area contributed by atoms with Gasteiger partial charge in [-0.1, -0.05) is 18.2 Å². The zero-order chi connectivity index (χ0) is 11.6. The molecule has 0 aliphatic heterocycles. The van der Waals surface area contributed by atoms with Crippen LogP contribution in [0.1, 0.15) is 10.4 Å². The highest BCUT2D eigenvalue weighted by Gasteiger charge is 2.13. The van der Waals surface area contributed by atoms with Crippen LogP contribution in [0.2, 0.25) is 0 Å². The van der Waals surface area contributed by atoms with Crippen LogP contribution in [0.25, 0.3) is 0 Å². The minimum Gasteiger partial charge on any atom is -0.253 e. The average molecular weight is 254 g/mol. The normalized spacial score (nSPS) is 11.6. The molecule has 0 saturated carbocycles. The molecule has 0 aliphatic carbocycles. The van der Waals surface area contributed by atoms with Crippen molar-refractivity contribution in [2.75, 3.05) is 0 Å². The Bertz CT molecular complexity index is 577. The van der Waals surface area contributed by atoms with Crippen LogP contribution in [0.4, 0.5) is 0 Å². The molecule has 0 fully saturated rings. The quantitative estimate of drug-likeness (QED) is 0.899. The van der Waals surface area contributed by atoms with Crippen LogP contribution in [0.3, 0.4) is 0 Å².